The molecule has 3 aromatic carbocycles. The monoisotopic (exact) mass is 209 g/mol. The maximum absolute atomic E-state index is 5.38. The molecule has 0 fully saturated rings. The molecular formula is C14H9S. The summed E-state index contributed by atoms with van der Waals surface area (Å²) in [6.45, 7) is 0. The molecule has 0 heterocycles. The highest BCUT2D eigenvalue weighted by molar-refractivity contribution is 7.80. The van der Waals surface area contributed by atoms with Crippen LogP contribution in [-0.4, -0.2) is 0 Å². The third-order valence-electron chi connectivity index (χ3n) is 2.73. The lowest BCUT2D eigenvalue weighted by Crippen LogP contribution is -1.78. The molecule has 0 saturated heterocycles. The molecule has 0 atom stereocenters. The maximum Gasteiger partial charge on any atom is 0.0461 e. The highest BCUT2D eigenvalue weighted by Gasteiger charge is 2.02. The molecule has 0 aliphatic heterocycles. The highest BCUT2D eigenvalue weighted by Crippen LogP contribution is 2.29. The minimum Gasteiger partial charge on any atom is -0.0794 e. The fourth-order valence-corrected chi connectivity index (χ4v) is 2.33. The number of fused-ring (bicyclic) bond motifs is 3. The van der Waals surface area contributed by atoms with Crippen molar-refractivity contribution in [3.05, 3.63) is 54.6 Å². The van der Waals surface area contributed by atoms with E-state index in [1.54, 1.807) is 0 Å². The summed E-state index contributed by atoms with van der Waals surface area (Å²) in [6.07, 6.45) is 0. The zero-order valence-electron chi connectivity index (χ0n) is 8.10. The van der Waals surface area contributed by atoms with Crippen LogP contribution in [0.2, 0.25) is 0 Å². The summed E-state index contributed by atoms with van der Waals surface area (Å²) in [5.41, 5.74) is 0. The van der Waals surface area contributed by atoms with E-state index in [1.807, 2.05) is 12.1 Å². The lowest BCUT2D eigenvalue weighted by Gasteiger charge is -2.04. The van der Waals surface area contributed by atoms with E-state index in [4.69, 9.17) is 12.6 Å². The van der Waals surface area contributed by atoms with Gasteiger partial charge < -0.3 is 0 Å². The Balaban J connectivity index is 2.64. The molecule has 0 spiro atoms. The molecule has 0 amide bonds. The maximum atomic E-state index is 5.38. The van der Waals surface area contributed by atoms with Crippen LogP contribution in [0.5, 0.6) is 0 Å². The second-order valence-corrected chi connectivity index (χ2v) is 4.08. The smallest absolute Gasteiger partial charge is 0.0461 e. The van der Waals surface area contributed by atoms with Crippen molar-refractivity contribution in [2.45, 2.75) is 4.90 Å². The van der Waals surface area contributed by atoms with Gasteiger partial charge in [-0.2, -0.15) is 0 Å². The van der Waals surface area contributed by atoms with Crippen LogP contribution in [0, 0.1) is 0 Å². The van der Waals surface area contributed by atoms with Crippen LogP contribution in [0.25, 0.3) is 21.5 Å². The van der Waals surface area contributed by atoms with E-state index in [-0.39, 0.29) is 0 Å². The highest BCUT2D eigenvalue weighted by atomic mass is 32.1. The Bertz CT molecular complexity index is 641. The van der Waals surface area contributed by atoms with Crippen molar-refractivity contribution in [2.24, 2.45) is 0 Å². The van der Waals surface area contributed by atoms with Crippen LogP contribution in [0.1, 0.15) is 0 Å². The second-order valence-electron chi connectivity index (χ2n) is 3.64. The second kappa shape index (κ2) is 3.21. The van der Waals surface area contributed by atoms with Crippen LogP contribution in [0.3, 0.4) is 0 Å². The van der Waals surface area contributed by atoms with Crippen molar-refractivity contribution in [3.8, 4) is 0 Å². The van der Waals surface area contributed by atoms with Crippen molar-refractivity contribution in [1.29, 1.82) is 0 Å². The lowest BCUT2D eigenvalue weighted by atomic mass is 10.0. The molecule has 71 valence electrons. The van der Waals surface area contributed by atoms with Gasteiger partial charge in [0, 0.05) is 10.3 Å². The van der Waals surface area contributed by atoms with E-state index in [0.29, 0.717) is 0 Å². The normalized spacial score (nSPS) is 10.9. The first-order valence-corrected chi connectivity index (χ1v) is 5.34. The summed E-state index contributed by atoms with van der Waals surface area (Å²) in [7, 11) is 0. The molecule has 0 N–H and O–H groups in total. The predicted molar refractivity (Wildman–Crippen MR) is 67.3 cm³/mol. The summed E-state index contributed by atoms with van der Waals surface area (Å²) in [5.74, 6) is 0. The Kier molecular flexibility index (Phi) is 1.86. The van der Waals surface area contributed by atoms with Crippen LogP contribution in [-0.2, 0) is 0 Å². The van der Waals surface area contributed by atoms with Crippen LogP contribution in [0.4, 0.5) is 0 Å². The van der Waals surface area contributed by atoms with Crippen LogP contribution >= 0.6 is 12.6 Å². The Labute approximate surface area is 93.9 Å². The quantitative estimate of drug-likeness (QED) is 0.476. The van der Waals surface area contributed by atoms with E-state index in [2.05, 4.69) is 42.5 Å². The molecule has 1 radical (unpaired) electrons. The number of hydrogen-bond acceptors (Lipinski definition) is 0. The number of benzene rings is 3. The Morgan fingerprint density at radius 1 is 0.667 bits per heavy atom. The van der Waals surface area contributed by atoms with Gasteiger partial charge in [0.15, 0.2) is 0 Å². The van der Waals surface area contributed by atoms with E-state index in [1.165, 1.54) is 21.5 Å². The summed E-state index contributed by atoms with van der Waals surface area (Å²) in [5, 5.41) is 4.93. The fourth-order valence-electron chi connectivity index (χ4n) is 2.02. The SMILES string of the molecule is [S]c1cccc2ccc3ccccc3c12. The third kappa shape index (κ3) is 1.28. The molecule has 15 heavy (non-hydrogen) atoms. The van der Waals surface area contributed by atoms with Gasteiger partial charge in [0.2, 0.25) is 0 Å². The molecule has 3 aromatic rings. The molecule has 0 aliphatic rings. The van der Waals surface area contributed by atoms with Gasteiger partial charge in [0.1, 0.15) is 0 Å². The summed E-state index contributed by atoms with van der Waals surface area (Å²) in [6, 6.07) is 18.8. The summed E-state index contributed by atoms with van der Waals surface area (Å²) in [4.78, 5) is 0.935. The summed E-state index contributed by atoms with van der Waals surface area (Å²) >= 11 is 5.38. The molecule has 3 rings (SSSR count). The average Bonchev–Trinajstić information content (AvgIpc) is 2.29. The minimum absolute atomic E-state index is 0.935. The van der Waals surface area contributed by atoms with Gasteiger partial charge >= 0.3 is 0 Å². The van der Waals surface area contributed by atoms with Gasteiger partial charge in [0.25, 0.3) is 0 Å². The number of hydrogen-bond donors (Lipinski definition) is 0. The van der Waals surface area contributed by atoms with Gasteiger partial charge in [0.05, 0.1) is 0 Å². The molecule has 1 heteroatoms. The van der Waals surface area contributed by atoms with Crippen molar-refractivity contribution >= 4 is 34.2 Å². The van der Waals surface area contributed by atoms with Crippen molar-refractivity contribution in [3.63, 3.8) is 0 Å². The zero-order valence-corrected chi connectivity index (χ0v) is 8.92. The van der Waals surface area contributed by atoms with E-state index in [0.717, 1.165) is 4.90 Å². The molecular weight excluding hydrogens is 200 g/mol. The van der Waals surface area contributed by atoms with Gasteiger partial charge in [-0.3, -0.25) is 0 Å². The molecule has 0 nitrogen and oxygen atoms in total. The van der Waals surface area contributed by atoms with Crippen molar-refractivity contribution in [1.82, 2.24) is 0 Å². The van der Waals surface area contributed by atoms with E-state index in [9.17, 15) is 0 Å². The average molecular weight is 209 g/mol. The standard InChI is InChI=1S/C14H9S/c15-13-7-3-5-11-9-8-10-4-1-2-6-12(10)14(11)13/h1-9H. The van der Waals surface area contributed by atoms with Gasteiger partial charge in [-0.25, -0.2) is 0 Å². The molecule has 0 unspecified atom stereocenters. The van der Waals surface area contributed by atoms with E-state index >= 15 is 0 Å². The molecule has 0 aliphatic carbocycles. The molecule has 0 saturated carbocycles. The van der Waals surface area contributed by atoms with Crippen LogP contribution in [0.15, 0.2) is 59.5 Å². The third-order valence-corrected chi connectivity index (χ3v) is 3.07. The molecule has 0 aromatic heterocycles. The Hall–Kier alpha value is -1.60. The van der Waals surface area contributed by atoms with Gasteiger partial charge in [-0.05, 0) is 22.2 Å². The number of rotatable bonds is 0. The van der Waals surface area contributed by atoms with Gasteiger partial charge in [-0.15, -0.1) is 0 Å². The van der Waals surface area contributed by atoms with Crippen LogP contribution < -0.4 is 0 Å². The summed E-state index contributed by atoms with van der Waals surface area (Å²) < 4.78 is 0. The first kappa shape index (κ1) is 8.69. The van der Waals surface area contributed by atoms with E-state index < -0.39 is 0 Å². The largest absolute Gasteiger partial charge is 0.0794 e. The van der Waals surface area contributed by atoms with Gasteiger partial charge in [-0.1, -0.05) is 61.2 Å². The van der Waals surface area contributed by atoms with Crippen molar-refractivity contribution < 1.29 is 0 Å². The Morgan fingerprint density at radius 2 is 1.40 bits per heavy atom. The minimum atomic E-state index is 0.935. The van der Waals surface area contributed by atoms with Crippen molar-refractivity contribution in [2.75, 3.05) is 0 Å². The predicted octanol–water partition coefficient (Wildman–Crippen LogP) is 4.55. The fraction of sp³-hybridized carbons (Fsp3) is 0. The Morgan fingerprint density at radius 3 is 2.33 bits per heavy atom. The first-order chi connectivity index (χ1) is 7.36. The first-order valence-electron chi connectivity index (χ1n) is 4.94. The molecule has 0 bridgehead atoms. The zero-order chi connectivity index (χ0) is 10.3. The topological polar surface area (TPSA) is 0 Å². The lowest BCUT2D eigenvalue weighted by molar-refractivity contribution is 1.58.